The van der Waals surface area contributed by atoms with Crippen LogP contribution in [0, 0.1) is 6.20 Å². The molecule has 75 valence electrons. The van der Waals surface area contributed by atoms with E-state index in [1.165, 1.54) is 0 Å². The number of carbonyl (C=O) groups is 1. The molecular formula is C11H9N2O2. The molecule has 4 heteroatoms. The Hall–Kier alpha value is -1.97. The molecule has 1 aromatic carbocycles. The van der Waals surface area contributed by atoms with E-state index in [4.69, 9.17) is 4.74 Å². The lowest BCUT2D eigenvalue weighted by atomic mass is 10.2. The second-order valence-corrected chi connectivity index (χ2v) is 2.90. The van der Waals surface area contributed by atoms with E-state index in [2.05, 4.69) is 16.2 Å². The lowest BCUT2D eigenvalue weighted by molar-refractivity contribution is 0.0512. The van der Waals surface area contributed by atoms with Gasteiger partial charge in [-0.3, -0.25) is 0 Å². The van der Waals surface area contributed by atoms with E-state index in [0.717, 1.165) is 5.39 Å². The van der Waals surface area contributed by atoms with Crippen LogP contribution >= 0.6 is 0 Å². The number of aromatic nitrogens is 2. The summed E-state index contributed by atoms with van der Waals surface area (Å²) in [7, 11) is 0. The summed E-state index contributed by atoms with van der Waals surface area (Å²) in [5, 5.41) is 0.783. The molecule has 0 aliphatic rings. The molecule has 0 amide bonds. The van der Waals surface area contributed by atoms with Crippen molar-refractivity contribution < 1.29 is 9.53 Å². The molecule has 0 spiro atoms. The van der Waals surface area contributed by atoms with Crippen LogP contribution in [-0.2, 0) is 4.74 Å². The topological polar surface area (TPSA) is 52.1 Å². The fourth-order valence-corrected chi connectivity index (χ4v) is 1.20. The number of rotatable bonds is 2. The summed E-state index contributed by atoms with van der Waals surface area (Å²) in [5.74, 6) is -0.463. The van der Waals surface area contributed by atoms with E-state index in [9.17, 15) is 4.79 Å². The van der Waals surface area contributed by atoms with Crippen molar-refractivity contribution in [3.8, 4) is 0 Å². The molecular weight excluding hydrogens is 192 g/mol. The zero-order valence-corrected chi connectivity index (χ0v) is 8.23. The van der Waals surface area contributed by atoms with Gasteiger partial charge in [0.05, 0.1) is 12.1 Å². The molecule has 0 N–H and O–H groups in total. The minimum absolute atomic E-state index is 0.0514. The molecule has 0 saturated carbocycles. The van der Waals surface area contributed by atoms with E-state index in [0.29, 0.717) is 12.1 Å². The summed E-state index contributed by atoms with van der Waals surface area (Å²) in [4.78, 5) is 19.2. The Morgan fingerprint density at radius 3 is 3.07 bits per heavy atom. The Bertz CT molecular complexity index is 497. The Balaban J connectivity index is 2.42. The smallest absolute Gasteiger partial charge is 0.376 e. The Labute approximate surface area is 86.9 Å². The van der Waals surface area contributed by atoms with E-state index < -0.39 is 5.97 Å². The minimum atomic E-state index is -0.514. The van der Waals surface area contributed by atoms with Crippen LogP contribution in [0.4, 0.5) is 0 Å². The maximum Gasteiger partial charge on any atom is 0.376 e. The van der Waals surface area contributed by atoms with Crippen LogP contribution in [0.1, 0.15) is 17.5 Å². The van der Waals surface area contributed by atoms with Gasteiger partial charge in [-0.1, -0.05) is 18.2 Å². The van der Waals surface area contributed by atoms with E-state index in [1.54, 1.807) is 13.0 Å². The van der Waals surface area contributed by atoms with E-state index in [1.807, 2.05) is 18.2 Å². The molecule has 1 aromatic heterocycles. The maximum absolute atomic E-state index is 11.3. The molecule has 0 saturated heterocycles. The van der Waals surface area contributed by atoms with Gasteiger partial charge in [-0.2, -0.15) is 0 Å². The second kappa shape index (κ2) is 4.04. The summed E-state index contributed by atoms with van der Waals surface area (Å²) >= 11 is 0. The molecule has 2 aromatic rings. The molecule has 1 radical (unpaired) electrons. The van der Waals surface area contributed by atoms with Gasteiger partial charge < -0.3 is 4.74 Å². The molecule has 0 atom stereocenters. The number of ether oxygens (including phenoxy) is 1. The average Bonchev–Trinajstić information content (AvgIpc) is 2.29. The predicted molar refractivity (Wildman–Crippen MR) is 54.3 cm³/mol. The zero-order chi connectivity index (χ0) is 10.7. The molecule has 0 fully saturated rings. The fraction of sp³-hybridized carbons (Fsp3) is 0.182. The third-order valence-corrected chi connectivity index (χ3v) is 1.87. The fourth-order valence-electron chi connectivity index (χ4n) is 1.20. The van der Waals surface area contributed by atoms with Gasteiger partial charge >= 0.3 is 5.97 Å². The number of fused-ring (bicyclic) bond motifs is 1. The summed E-state index contributed by atoms with van der Waals surface area (Å²) in [6.45, 7) is 2.05. The number of hydrogen-bond donors (Lipinski definition) is 0. The first-order valence-corrected chi connectivity index (χ1v) is 4.63. The Morgan fingerprint density at radius 1 is 1.47 bits per heavy atom. The van der Waals surface area contributed by atoms with Gasteiger partial charge in [0.25, 0.3) is 0 Å². The van der Waals surface area contributed by atoms with Crippen molar-refractivity contribution in [1.29, 1.82) is 0 Å². The predicted octanol–water partition coefficient (Wildman–Crippen LogP) is 1.61. The second-order valence-electron chi connectivity index (χ2n) is 2.90. The number of para-hydroxylation sites is 1. The summed E-state index contributed by atoms with van der Waals surface area (Å²) in [6, 6.07) is 7.35. The monoisotopic (exact) mass is 201 g/mol. The summed E-state index contributed by atoms with van der Waals surface area (Å²) in [5.41, 5.74) is 0.690. The van der Waals surface area contributed by atoms with Gasteiger partial charge in [-0.15, -0.1) is 0 Å². The van der Waals surface area contributed by atoms with Crippen LogP contribution in [0.2, 0.25) is 0 Å². The number of carbonyl (C=O) groups excluding carboxylic acids is 1. The van der Waals surface area contributed by atoms with E-state index >= 15 is 0 Å². The van der Waals surface area contributed by atoms with Crippen LogP contribution in [-0.4, -0.2) is 22.5 Å². The lowest BCUT2D eigenvalue weighted by Gasteiger charge is -2.00. The van der Waals surface area contributed by atoms with Crippen molar-refractivity contribution in [3.05, 3.63) is 36.3 Å². The zero-order valence-electron chi connectivity index (χ0n) is 8.23. The van der Waals surface area contributed by atoms with Crippen molar-refractivity contribution in [2.24, 2.45) is 0 Å². The Morgan fingerprint density at radius 2 is 2.27 bits per heavy atom. The molecule has 0 aliphatic carbocycles. The van der Waals surface area contributed by atoms with Crippen LogP contribution in [0.15, 0.2) is 24.3 Å². The molecule has 1 heterocycles. The third kappa shape index (κ3) is 1.93. The highest BCUT2D eigenvalue weighted by atomic mass is 16.5. The third-order valence-electron chi connectivity index (χ3n) is 1.87. The first-order chi connectivity index (χ1) is 7.31. The molecule has 15 heavy (non-hydrogen) atoms. The van der Waals surface area contributed by atoms with Crippen LogP contribution in [0.3, 0.4) is 0 Å². The van der Waals surface area contributed by atoms with Crippen molar-refractivity contribution in [1.82, 2.24) is 9.97 Å². The van der Waals surface area contributed by atoms with Crippen molar-refractivity contribution in [3.63, 3.8) is 0 Å². The first kappa shape index (κ1) is 9.58. The maximum atomic E-state index is 11.3. The van der Waals surface area contributed by atoms with E-state index in [-0.39, 0.29) is 5.82 Å². The van der Waals surface area contributed by atoms with Gasteiger partial charge in [-0.05, 0) is 13.0 Å². The van der Waals surface area contributed by atoms with Gasteiger partial charge in [0, 0.05) is 5.39 Å². The number of benzene rings is 1. The molecule has 4 nitrogen and oxygen atoms in total. The minimum Gasteiger partial charge on any atom is -0.460 e. The van der Waals surface area contributed by atoms with Gasteiger partial charge in [0.2, 0.25) is 5.82 Å². The average molecular weight is 201 g/mol. The highest BCUT2D eigenvalue weighted by Crippen LogP contribution is 2.09. The summed E-state index contributed by atoms with van der Waals surface area (Å²) < 4.78 is 4.79. The van der Waals surface area contributed by atoms with Crippen LogP contribution < -0.4 is 0 Å². The molecule has 2 rings (SSSR count). The van der Waals surface area contributed by atoms with Gasteiger partial charge in [-0.25, -0.2) is 14.8 Å². The number of nitrogens with zero attached hydrogens (tertiary/aromatic N) is 2. The SMILES string of the molecule is CCOC(=O)c1n[c]c2ccccc2n1. The van der Waals surface area contributed by atoms with Crippen molar-refractivity contribution >= 4 is 16.9 Å². The first-order valence-electron chi connectivity index (χ1n) is 4.63. The van der Waals surface area contributed by atoms with Crippen molar-refractivity contribution in [2.45, 2.75) is 6.92 Å². The highest BCUT2D eigenvalue weighted by Gasteiger charge is 2.10. The molecule has 0 unspecified atom stereocenters. The van der Waals surface area contributed by atoms with Gasteiger partial charge in [0.15, 0.2) is 0 Å². The van der Waals surface area contributed by atoms with Gasteiger partial charge in [0.1, 0.15) is 6.20 Å². The molecule has 0 aliphatic heterocycles. The standard InChI is InChI=1S/C11H9N2O2/c1-2-15-11(14)10-12-7-8-5-3-4-6-9(8)13-10/h3-6H,2H2,1H3. The number of esters is 1. The number of hydrogen-bond acceptors (Lipinski definition) is 4. The largest absolute Gasteiger partial charge is 0.460 e. The van der Waals surface area contributed by atoms with Crippen LogP contribution in [0.5, 0.6) is 0 Å². The Kier molecular flexibility index (Phi) is 2.58. The van der Waals surface area contributed by atoms with Crippen LogP contribution in [0.25, 0.3) is 10.9 Å². The summed E-state index contributed by atoms with van der Waals surface area (Å²) in [6.07, 6.45) is 2.75. The quantitative estimate of drug-likeness (QED) is 0.692. The lowest BCUT2D eigenvalue weighted by Crippen LogP contribution is -2.09. The van der Waals surface area contributed by atoms with Crippen molar-refractivity contribution in [2.75, 3.05) is 6.61 Å². The highest BCUT2D eigenvalue weighted by molar-refractivity contribution is 5.88. The normalized spacial score (nSPS) is 10.2. The molecule has 0 bridgehead atoms.